The third kappa shape index (κ3) is 10.6. The third-order valence-electron chi connectivity index (χ3n) is 9.12. The summed E-state index contributed by atoms with van der Waals surface area (Å²) in [6.07, 6.45) is -59.0. The fourth-order valence-electron chi connectivity index (χ4n) is 6.17. The quantitative estimate of drug-likeness (QED) is 0.0701. The first-order valence-electron chi connectivity index (χ1n) is 16.6. The average Bonchev–Trinajstić information content (AvgIpc) is 3.03. The summed E-state index contributed by atoms with van der Waals surface area (Å²) >= 11 is 0. The normalized spacial score (nSPS) is 19.2. The van der Waals surface area contributed by atoms with E-state index in [-0.39, 0.29) is 19.9 Å². The number of carbonyl (C=O) groups excluding carboxylic acids is 3. The van der Waals surface area contributed by atoms with Gasteiger partial charge in [-0.05, 0) is 59.3 Å². The highest BCUT2D eigenvalue weighted by atomic mass is 19.4. The fourth-order valence-corrected chi connectivity index (χ4v) is 6.17. The molecule has 1 fully saturated rings. The molecule has 0 aliphatic heterocycles. The second-order valence-electron chi connectivity index (χ2n) is 13.9. The molecule has 348 valence electrons. The van der Waals surface area contributed by atoms with Crippen LogP contribution in [0.2, 0.25) is 0 Å². The maximum atomic E-state index is 14.9. The third-order valence-corrected chi connectivity index (χ3v) is 9.12. The summed E-state index contributed by atoms with van der Waals surface area (Å²) in [5.74, 6) is -8.45. The largest absolute Gasteiger partial charge is 0.455 e. The average molecular weight is 919 g/mol. The summed E-state index contributed by atoms with van der Waals surface area (Å²) in [6.45, 7) is 7.41. The Morgan fingerprint density at radius 1 is 0.667 bits per heavy atom. The van der Waals surface area contributed by atoms with Crippen LogP contribution in [0, 0.1) is 5.92 Å². The molecule has 2 unspecified atom stereocenters. The highest BCUT2D eigenvalue weighted by molar-refractivity contribution is 5.87. The predicted molar refractivity (Wildman–Crippen MR) is 164 cm³/mol. The molecule has 0 bridgehead atoms. The lowest BCUT2D eigenvalue weighted by Crippen LogP contribution is -2.72. The van der Waals surface area contributed by atoms with Crippen molar-refractivity contribution < 1.29 is 122 Å². The number of rotatable bonds is 16. The van der Waals surface area contributed by atoms with E-state index in [9.17, 15) is 98.5 Å². The number of hydrogen-bond acceptors (Lipinski definition) is 9. The number of esters is 3. The van der Waals surface area contributed by atoms with Crippen molar-refractivity contribution in [1.29, 1.82) is 0 Å². The van der Waals surface area contributed by atoms with Crippen LogP contribution >= 0.6 is 0 Å². The Morgan fingerprint density at radius 2 is 1.07 bits per heavy atom. The van der Waals surface area contributed by atoms with Gasteiger partial charge in [0.25, 0.3) is 16.8 Å². The van der Waals surface area contributed by atoms with Crippen LogP contribution in [-0.4, -0.2) is 107 Å². The van der Waals surface area contributed by atoms with Gasteiger partial charge in [-0.25, -0.2) is 14.4 Å². The van der Waals surface area contributed by atoms with E-state index in [2.05, 4.69) is 43.4 Å². The molecule has 0 amide bonds. The molecule has 2 atom stereocenters. The van der Waals surface area contributed by atoms with E-state index in [1.807, 2.05) is 0 Å². The zero-order valence-corrected chi connectivity index (χ0v) is 31.3. The Labute approximate surface area is 327 Å². The van der Waals surface area contributed by atoms with Gasteiger partial charge in [-0.2, -0.15) is 79.0 Å². The second kappa shape index (κ2) is 17.9. The minimum atomic E-state index is -6.95. The number of carbonyl (C=O) groups is 3. The second-order valence-corrected chi connectivity index (χ2v) is 13.9. The predicted octanol–water partition coefficient (Wildman–Crippen LogP) is 9.03. The van der Waals surface area contributed by atoms with Gasteiger partial charge in [0.05, 0.1) is 12.7 Å². The van der Waals surface area contributed by atoms with E-state index >= 15 is 0 Å². The molecule has 9 nitrogen and oxygen atoms in total. The van der Waals surface area contributed by atoms with Crippen molar-refractivity contribution in [2.24, 2.45) is 5.92 Å². The minimum absolute atomic E-state index is 0.0442. The first-order valence-corrected chi connectivity index (χ1v) is 16.6. The van der Waals surface area contributed by atoms with Gasteiger partial charge in [0.2, 0.25) is 0 Å². The van der Waals surface area contributed by atoms with E-state index in [0.29, 0.717) is 6.92 Å². The first kappa shape index (κ1) is 54.3. The molecule has 0 saturated heterocycles. The highest BCUT2D eigenvalue weighted by Gasteiger charge is 2.82. The Kier molecular flexibility index (Phi) is 16.2. The smallest absolute Gasteiger partial charge is 0.430 e. The Hall–Kier alpha value is -3.75. The van der Waals surface area contributed by atoms with Crippen LogP contribution in [-0.2, 0) is 38.1 Å². The SMILES string of the molecule is C=CC(=O)OC(C)(C)C(OCCC(OC(=O)C(=C)C)C(OC1CCC(C(OC(=O)C(=C)C)C(O)(C(F)(F)F)C(F)(F)F)CC1)(C(F)(F)F)C(F)(F)F)(C(F)(F)F)C(F)(F)F. The number of ether oxygens (including phenoxy) is 5. The van der Waals surface area contributed by atoms with Crippen LogP contribution in [0.15, 0.2) is 37.0 Å². The van der Waals surface area contributed by atoms with Crippen molar-refractivity contribution in [3.63, 3.8) is 0 Å². The number of hydrogen-bond donors (Lipinski definition) is 1. The summed E-state index contributed by atoms with van der Waals surface area (Å²) in [4.78, 5) is 36.2. The molecule has 1 aliphatic rings. The number of aliphatic hydroxyl groups is 1. The van der Waals surface area contributed by atoms with Gasteiger partial charge >= 0.3 is 55.0 Å². The molecule has 1 N–H and O–H groups in total. The molecular formula is C33H36F18O9. The van der Waals surface area contributed by atoms with Gasteiger partial charge in [-0.3, -0.25) is 0 Å². The minimum Gasteiger partial charge on any atom is -0.455 e. The van der Waals surface area contributed by atoms with Gasteiger partial charge < -0.3 is 28.8 Å². The zero-order valence-electron chi connectivity index (χ0n) is 31.3. The monoisotopic (exact) mass is 918 g/mol. The van der Waals surface area contributed by atoms with Crippen molar-refractivity contribution in [3.05, 3.63) is 37.0 Å². The van der Waals surface area contributed by atoms with E-state index in [1.54, 1.807) is 0 Å². The lowest BCUT2D eigenvalue weighted by Gasteiger charge is -2.47. The van der Waals surface area contributed by atoms with Crippen LogP contribution in [0.4, 0.5) is 79.0 Å². The molecule has 1 rings (SSSR count). The molecule has 1 aliphatic carbocycles. The summed E-state index contributed by atoms with van der Waals surface area (Å²) in [6, 6.07) is 0. The Balaban J connectivity index is 3.94. The maximum absolute atomic E-state index is 14.9. The van der Waals surface area contributed by atoms with Gasteiger partial charge in [-0.15, -0.1) is 0 Å². The standard InChI is InChI=1S/C33H36F18O9/c1-8-20(52)60-24(6,7)27(32(46,47)48,33(49,50)51)56-14-13-19(57-22(53)15(2)3)26(30(40,41)42,31(43,44)45)59-18-11-9-17(10-12-18)21(58-23(54)16(4)5)25(55,28(34,35)36)29(37,38)39/h8,17-19,21,55H,1-2,4,9-14H2,3,5-7H3. The van der Waals surface area contributed by atoms with Gasteiger partial charge in [0, 0.05) is 23.6 Å². The number of alkyl halides is 18. The summed E-state index contributed by atoms with van der Waals surface area (Å²) in [7, 11) is 0. The van der Waals surface area contributed by atoms with E-state index in [1.165, 1.54) is 0 Å². The maximum Gasteiger partial charge on any atom is 0.430 e. The lowest BCUT2D eigenvalue weighted by atomic mass is 9.76. The molecule has 27 heteroatoms. The summed E-state index contributed by atoms with van der Waals surface area (Å²) in [5, 5.41) is 10.0. The Bertz CT molecular complexity index is 1540. The van der Waals surface area contributed by atoms with Crippen molar-refractivity contribution in [2.75, 3.05) is 6.61 Å². The summed E-state index contributed by atoms with van der Waals surface area (Å²) < 4.78 is 280. The number of halogens is 18. The fraction of sp³-hybridized carbons (Fsp3) is 0.727. The van der Waals surface area contributed by atoms with Crippen LogP contribution in [0.3, 0.4) is 0 Å². The molecule has 0 aromatic rings. The van der Waals surface area contributed by atoms with Crippen molar-refractivity contribution in [2.45, 2.75) is 138 Å². The molecule has 0 heterocycles. The van der Waals surface area contributed by atoms with Crippen molar-refractivity contribution in [1.82, 2.24) is 0 Å². The van der Waals surface area contributed by atoms with Gasteiger partial charge in [-0.1, -0.05) is 19.7 Å². The van der Waals surface area contributed by atoms with Crippen molar-refractivity contribution >= 4 is 17.9 Å². The van der Waals surface area contributed by atoms with Crippen LogP contribution in [0.25, 0.3) is 0 Å². The first-order chi connectivity index (χ1) is 26.5. The van der Waals surface area contributed by atoms with E-state index < -0.39 is 151 Å². The van der Waals surface area contributed by atoms with Gasteiger partial charge in [0.1, 0.15) is 0 Å². The topological polar surface area (TPSA) is 118 Å². The molecule has 0 aromatic heterocycles. The molecular weight excluding hydrogens is 882 g/mol. The van der Waals surface area contributed by atoms with Crippen LogP contribution in [0.5, 0.6) is 0 Å². The van der Waals surface area contributed by atoms with Crippen LogP contribution in [0.1, 0.15) is 59.8 Å². The van der Waals surface area contributed by atoms with Crippen LogP contribution < -0.4 is 0 Å². The Morgan fingerprint density at radius 3 is 1.40 bits per heavy atom. The summed E-state index contributed by atoms with van der Waals surface area (Å²) in [5.41, 5.74) is -23.4. The van der Waals surface area contributed by atoms with Gasteiger partial charge in [0.15, 0.2) is 17.8 Å². The van der Waals surface area contributed by atoms with E-state index in [4.69, 9.17) is 0 Å². The molecule has 60 heavy (non-hydrogen) atoms. The lowest BCUT2D eigenvalue weighted by molar-refractivity contribution is -0.427. The highest BCUT2D eigenvalue weighted by Crippen LogP contribution is 2.56. The molecule has 0 aromatic carbocycles. The molecule has 0 radical (unpaired) electrons. The zero-order chi connectivity index (χ0) is 47.7. The molecule has 0 spiro atoms. The molecule has 1 saturated carbocycles. The van der Waals surface area contributed by atoms with E-state index in [0.717, 1.165) is 6.92 Å². The van der Waals surface area contributed by atoms with Crippen molar-refractivity contribution in [3.8, 4) is 0 Å².